The minimum atomic E-state index is 0.140. The second-order valence-electron chi connectivity index (χ2n) is 5.23. The summed E-state index contributed by atoms with van der Waals surface area (Å²) in [5.41, 5.74) is 2.21. The zero-order valence-electron chi connectivity index (χ0n) is 12.6. The molecule has 1 N–H and O–H groups in total. The Morgan fingerprint density at radius 3 is 2.75 bits per heavy atom. The van der Waals surface area contributed by atoms with Crippen LogP contribution in [-0.4, -0.2) is 11.2 Å². The largest absolute Gasteiger partial charge is 0.326 e. The molecule has 0 aliphatic carbocycles. The molecule has 1 aromatic rings. The number of hydrogen-bond acceptors (Lipinski definition) is 1. The molecular formula is C17H26BrNO. The average molecular weight is 340 g/mol. The van der Waals surface area contributed by atoms with Gasteiger partial charge in [0.2, 0.25) is 5.91 Å². The van der Waals surface area contributed by atoms with Gasteiger partial charge >= 0.3 is 0 Å². The van der Waals surface area contributed by atoms with E-state index in [1.807, 2.05) is 12.1 Å². The highest BCUT2D eigenvalue weighted by Gasteiger charge is 2.15. The Kier molecular flexibility index (Phi) is 8.59. The Bertz CT molecular complexity index is 406. The van der Waals surface area contributed by atoms with Crippen LogP contribution in [0.2, 0.25) is 0 Å². The number of alkyl halides is 1. The number of hydrogen-bond donors (Lipinski definition) is 1. The molecule has 3 heteroatoms. The van der Waals surface area contributed by atoms with Gasteiger partial charge in [0, 0.05) is 16.9 Å². The Hall–Kier alpha value is -0.830. The van der Waals surface area contributed by atoms with Crippen LogP contribution in [0.3, 0.4) is 0 Å². The molecule has 1 atom stereocenters. The summed E-state index contributed by atoms with van der Waals surface area (Å²) in [5.74, 6) is 0.305. The van der Waals surface area contributed by atoms with E-state index in [1.165, 1.54) is 5.56 Å². The first-order valence-electron chi connectivity index (χ1n) is 7.67. The third-order valence-electron chi connectivity index (χ3n) is 3.56. The summed E-state index contributed by atoms with van der Waals surface area (Å²) in [6.45, 7) is 4.25. The summed E-state index contributed by atoms with van der Waals surface area (Å²) in [6.07, 6.45) is 6.33. The molecule has 112 valence electrons. The van der Waals surface area contributed by atoms with Crippen LogP contribution in [0.1, 0.15) is 51.5 Å². The van der Waals surface area contributed by atoms with E-state index in [0.717, 1.165) is 49.5 Å². The molecule has 0 bridgehead atoms. The lowest BCUT2D eigenvalue weighted by atomic mass is 9.98. The van der Waals surface area contributed by atoms with Gasteiger partial charge in [-0.15, -0.1) is 0 Å². The molecule has 0 aromatic heterocycles. The molecule has 0 saturated heterocycles. The Morgan fingerprint density at radius 2 is 2.10 bits per heavy atom. The van der Waals surface area contributed by atoms with E-state index >= 15 is 0 Å². The monoisotopic (exact) mass is 339 g/mol. The van der Waals surface area contributed by atoms with Crippen LogP contribution in [-0.2, 0) is 11.2 Å². The van der Waals surface area contributed by atoms with E-state index in [2.05, 4.69) is 47.2 Å². The van der Waals surface area contributed by atoms with Crippen LogP contribution >= 0.6 is 15.9 Å². The lowest BCUT2D eigenvalue weighted by Gasteiger charge is -2.15. The molecule has 0 fully saturated rings. The van der Waals surface area contributed by atoms with Gasteiger partial charge in [0.25, 0.3) is 0 Å². The summed E-state index contributed by atoms with van der Waals surface area (Å²) in [4.78, 5) is 12.3. The van der Waals surface area contributed by atoms with Crippen molar-refractivity contribution in [3.8, 4) is 0 Å². The number of aryl methyl sites for hydroxylation is 1. The number of unbranched alkanes of at least 4 members (excludes halogenated alkanes) is 1. The van der Waals surface area contributed by atoms with Crippen LogP contribution in [0.15, 0.2) is 24.3 Å². The molecular weight excluding hydrogens is 314 g/mol. The van der Waals surface area contributed by atoms with Gasteiger partial charge in [-0.25, -0.2) is 0 Å². The Morgan fingerprint density at radius 1 is 1.30 bits per heavy atom. The molecule has 1 rings (SSSR count). The predicted molar refractivity (Wildman–Crippen MR) is 90.5 cm³/mol. The number of anilines is 1. The van der Waals surface area contributed by atoms with E-state index in [-0.39, 0.29) is 11.8 Å². The number of amides is 1. The standard InChI is InChI=1S/C17H26BrNO/c1-3-5-10-15(4-2)17(20)19-16-11-6-8-14(13-16)9-7-12-18/h6,8,11,13,15H,3-5,7,9-10,12H2,1-2H3,(H,19,20). The third kappa shape index (κ3) is 6.08. The number of carbonyl (C=O) groups is 1. The highest BCUT2D eigenvalue weighted by atomic mass is 79.9. The van der Waals surface area contributed by atoms with Gasteiger partial charge in [-0.1, -0.05) is 54.8 Å². The van der Waals surface area contributed by atoms with Gasteiger partial charge in [0.05, 0.1) is 0 Å². The molecule has 1 amide bonds. The van der Waals surface area contributed by atoms with Gasteiger partial charge in [0.15, 0.2) is 0 Å². The van der Waals surface area contributed by atoms with Gasteiger partial charge in [-0.05, 0) is 43.4 Å². The zero-order valence-corrected chi connectivity index (χ0v) is 14.2. The van der Waals surface area contributed by atoms with Crippen LogP contribution < -0.4 is 5.32 Å². The Balaban J connectivity index is 2.59. The fourth-order valence-corrected chi connectivity index (χ4v) is 2.57. The van der Waals surface area contributed by atoms with Crippen LogP contribution in [0.5, 0.6) is 0 Å². The van der Waals surface area contributed by atoms with E-state index in [9.17, 15) is 4.79 Å². The molecule has 0 aliphatic heterocycles. The number of benzene rings is 1. The minimum absolute atomic E-state index is 0.140. The van der Waals surface area contributed by atoms with Gasteiger partial charge < -0.3 is 5.32 Å². The number of halogens is 1. The highest BCUT2D eigenvalue weighted by molar-refractivity contribution is 9.09. The smallest absolute Gasteiger partial charge is 0.227 e. The number of carbonyl (C=O) groups excluding carboxylic acids is 1. The first kappa shape index (κ1) is 17.2. The Labute approximate surface area is 131 Å². The first-order valence-corrected chi connectivity index (χ1v) is 8.79. The van der Waals surface area contributed by atoms with E-state index in [4.69, 9.17) is 0 Å². The van der Waals surface area contributed by atoms with Crippen molar-refractivity contribution in [3.63, 3.8) is 0 Å². The highest BCUT2D eigenvalue weighted by Crippen LogP contribution is 2.17. The lowest BCUT2D eigenvalue weighted by molar-refractivity contribution is -0.120. The summed E-state index contributed by atoms with van der Waals surface area (Å²) < 4.78 is 0. The molecule has 0 spiro atoms. The van der Waals surface area contributed by atoms with E-state index in [0.29, 0.717) is 0 Å². The van der Waals surface area contributed by atoms with Crippen LogP contribution in [0.25, 0.3) is 0 Å². The van der Waals surface area contributed by atoms with Crippen molar-refractivity contribution in [2.75, 3.05) is 10.6 Å². The molecule has 1 unspecified atom stereocenters. The van der Waals surface area contributed by atoms with Crippen molar-refractivity contribution < 1.29 is 4.79 Å². The maximum absolute atomic E-state index is 12.3. The summed E-state index contributed by atoms with van der Waals surface area (Å²) in [7, 11) is 0. The molecule has 0 saturated carbocycles. The van der Waals surface area contributed by atoms with E-state index < -0.39 is 0 Å². The van der Waals surface area contributed by atoms with Crippen molar-refractivity contribution >= 4 is 27.5 Å². The molecule has 0 aliphatic rings. The van der Waals surface area contributed by atoms with Crippen molar-refractivity contribution in [1.82, 2.24) is 0 Å². The van der Waals surface area contributed by atoms with Crippen molar-refractivity contribution in [1.29, 1.82) is 0 Å². The topological polar surface area (TPSA) is 29.1 Å². The zero-order chi connectivity index (χ0) is 14.8. The number of nitrogens with one attached hydrogen (secondary N) is 1. The normalized spacial score (nSPS) is 12.2. The third-order valence-corrected chi connectivity index (χ3v) is 4.12. The van der Waals surface area contributed by atoms with Crippen LogP contribution in [0, 0.1) is 5.92 Å². The maximum atomic E-state index is 12.3. The fourth-order valence-electron chi connectivity index (χ4n) is 2.29. The van der Waals surface area contributed by atoms with Gasteiger partial charge in [-0.3, -0.25) is 4.79 Å². The second-order valence-corrected chi connectivity index (χ2v) is 6.02. The summed E-state index contributed by atoms with van der Waals surface area (Å²) in [6, 6.07) is 8.20. The first-order chi connectivity index (χ1) is 9.71. The lowest BCUT2D eigenvalue weighted by Crippen LogP contribution is -2.22. The van der Waals surface area contributed by atoms with Gasteiger partial charge in [0.1, 0.15) is 0 Å². The van der Waals surface area contributed by atoms with Crippen molar-refractivity contribution in [3.05, 3.63) is 29.8 Å². The fraction of sp³-hybridized carbons (Fsp3) is 0.588. The summed E-state index contributed by atoms with van der Waals surface area (Å²) in [5, 5.41) is 4.08. The molecule has 20 heavy (non-hydrogen) atoms. The van der Waals surface area contributed by atoms with Crippen molar-refractivity contribution in [2.45, 2.75) is 52.4 Å². The molecule has 1 aromatic carbocycles. The average Bonchev–Trinajstić information content (AvgIpc) is 2.46. The molecule has 0 heterocycles. The van der Waals surface area contributed by atoms with Crippen molar-refractivity contribution in [2.24, 2.45) is 5.92 Å². The predicted octanol–water partition coefficient (Wildman–Crippen LogP) is 5.17. The van der Waals surface area contributed by atoms with Crippen LogP contribution in [0.4, 0.5) is 5.69 Å². The SMILES string of the molecule is CCCCC(CC)C(=O)Nc1cccc(CCCBr)c1. The van der Waals surface area contributed by atoms with Gasteiger partial charge in [-0.2, -0.15) is 0 Å². The van der Waals surface area contributed by atoms with E-state index in [1.54, 1.807) is 0 Å². The molecule has 0 radical (unpaired) electrons. The number of rotatable bonds is 9. The second kappa shape index (κ2) is 9.98. The minimum Gasteiger partial charge on any atom is -0.326 e. The molecule has 2 nitrogen and oxygen atoms in total. The quantitative estimate of drug-likeness (QED) is 0.618. The summed E-state index contributed by atoms with van der Waals surface area (Å²) >= 11 is 3.45. The maximum Gasteiger partial charge on any atom is 0.227 e.